The van der Waals surface area contributed by atoms with Crippen molar-refractivity contribution in [1.82, 2.24) is 24.6 Å². The average molecular weight is 431 g/mol. The van der Waals surface area contributed by atoms with Crippen LogP contribution in [-0.4, -0.2) is 38.5 Å². The smallest absolute Gasteiger partial charge is 0.242 e. The van der Waals surface area contributed by atoms with Crippen LogP contribution in [0, 0.1) is 13.8 Å². The van der Waals surface area contributed by atoms with Crippen LogP contribution in [0.15, 0.2) is 48.8 Å². The number of rotatable bonds is 5. The monoisotopic (exact) mass is 431 g/mol. The molecule has 5 rings (SSSR count). The summed E-state index contributed by atoms with van der Waals surface area (Å²) >= 11 is 0. The van der Waals surface area contributed by atoms with Gasteiger partial charge >= 0.3 is 0 Å². The molecular formula is C24H25N5O3. The van der Waals surface area contributed by atoms with Gasteiger partial charge in [0.05, 0.1) is 11.4 Å². The molecule has 0 aliphatic carbocycles. The number of carbonyl (C=O) groups excluding carboxylic acids is 1. The molecule has 3 aromatic heterocycles. The quantitative estimate of drug-likeness (QED) is 0.523. The van der Waals surface area contributed by atoms with Crippen molar-refractivity contribution < 1.29 is 14.3 Å². The highest BCUT2D eigenvalue weighted by molar-refractivity contribution is 5.88. The number of ether oxygens (including phenoxy) is 2. The first-order valence-corrected chi connectivity index (χ1v) is 10.7. The number of aryl methyl sites for hydroxylation is 2. The zero-order chi connectivity index (χ0) is 22.2. The molecule has 164 valence electrons. The summed E-state index contributed by atoms with van der Waals surface area (Å²) < 4.78 is 14.9. The molecule has 1 N–H and O–H groups in total. The summed E-state index contributed by atoms with van der Waals surface area (Å²) in [6.45, 7) is 7.08. The Labute approximate surface area is 185 Å². The molecule has 0 unspecified atom stereocenters. The summed E-state index contributed by atoms with van der Waals surface area (Å²) in [6, 6.07) is 11.5. The molecule has 4 heterocycles. The Balaban J connectivity index is 1.40. The molecule has 1 aromatic carbocycles. The minimum Gasteiger partial charge on any atom is -0.486 e. The van der Waals surface area contributed by atoms with Gasteiger partial charge in [-0.1, -0.05) is 6.07 Å². The van der Waals surface area contributed by atoms with Crippen LogP contribution >= 0.6 is 0 Å². The molecule has 32 heavy (non-hydrogen) atoms. The van der Waals surface area contributed by atoms with Gasteiger partial charge in [-0.25, -0.2) is 9.67 Å². The van der Waals surface area contributed by atoms with Gasteiger partial charge in [0, 0.05) is 18.1 Å². The van der Waals surface area contributed by atoms with E-state index in [4.69, 9.17) is 14.6 Å². The molecule has 4 aromatic rings. The number of benzene rings is 1. The normalized spacial score (nSPS) is 13.8. The maximum Gasteiger partial charge on any atom is 0.242 e. The number of nitrogens with one attached hydrogen (secondary N) is 1. The molecule has 0 fully saturated rings. The molecule has 8 heteroatoms. The van der Waals surface area contributed by atoms with Crippen LogP contribution < -0.4 is 14.8 Å². The van der Waals surface area contributed by atoms with Crippen molar-refractivity contribution in [3.63, 3.8) is 0 Å². The van der Waals surface area contributed by atoms with E-state index in [0.29, 0.717) is 24.6 Å². The lowest BCUT2D eigenvalue weighted by molar-refractivity contribution is -0.122. The molecule has 0 spiro atoms. The second kappa shape index (κ2) is 8.03. The summed E-state index contributed by atoms with van der Waals surface area (Å²) in [5, 5.41) is 8.73. The van der Waals surface area contributed by atoms with Crippen LogP contribution in [0.3, 0.4) is 0 Å². The summed E-state index contributed by atoms with van der Waals surface area (Å²) in [4.78, 5) is 17.6. The Bertz CT molecular complexity index is 1290. The van der Waals surface area contributed by atoms with E-state index in [2.05, 4.69) is 10.3 Å². The molecule has 0 bridgehead atoms. The number of hydrogen-bond donors (Lipinski definition) is 1. The van der Waals surface area contributed by atoms with Gasteiger partial charge in [0.25, 0.3) is 0 Å². The lowest BCUT2D eigenvalue weighted by Crippen LogP contribution is -2.30. The molecular weight excluding hydrogens is 406 g/mol. The number of pyridine rings is 1. The lowest BCUT2D eigenvalue weighted by atomic mass is 10.1. The Hall–Kier alpha value is -3.81. The largest absolute Gasteiger partial charge is 0.486 e. The zero-order valence-electron chi connectivity index (χ0n) is 18.3. The second-order valence-corrected chi connectivity index (χ2v) is 8.04. The van der Waals surface area contributed by atoms with Gasteiger partial charge in [0.15, 0.2) is 23.0 Å². The predicted molar refractivity (Wildman–Crippen MR) is 120 cm³/mol. The first-order chi connectivity index (χ1) is 15.5. The minimum absolute atomic E-state index is 0.0720. The van der Waals surface area contributed by atoms with Gasteiger partial charge in [-0.2, -0.15) is 5.10 Å². The highest BCUT2D eigenvalue weighted by Gasteiger charge is 2.20. The van der Waals surface area contributed by atoms with E-state index >= 15 is 0 Å². The van der Waals surface area contributed by atoms with Gasteiger partial charge in [0.1, 0.15) is 19.8 Å². The van der Waals surface area contributed by atoms with Crippen LogP contribution in [0.4, 0.5) is 0 Å². The fourth-order valence-electron chi connectivity index (χ4n) is 4.09. The maximum absolute atomic E-state index is 12.9. The van der Waals surface area contributed by atoms with E-state index in [-0.39, 0.29) is 18.5 Å². The third kappa shape index (κ3) is 3.68. The Morgan fingerprint density at radius 3 is 2.66 bits per heavy atom. The second-order valence-electron chi connectivity index (χ2n) is 8.04. The standard InChI is InChI=1S/C24H25N5O3/c1-15-12-16(2)25-23-22(15)24(28-8-4-5-9-28)27-29(23)14-21(30)26-17(3)18-6-7-19-20(13-18)32-11-10-31-19/h4-9,12-13,17H,10-11,14H2,1-3H3,(H,26,30)/t17-/m1/s1. The third-order valence-corrected chi connectivity index (χ3v) is 5.60. The number of hydrogen-bond acceptors (Lipinski definition) is 5. The molecule has 0 saturated heterocycles. The zero-order valence-corrected chi connectivity index (χ0v) is 18.3. The average Bonchev–Trinajstić information content (AvgIpc) is 3.42. The number of aromatic nitrogens is 4. The van der Waals surface area contributed by atoms with E-state index in [0.717, 1.165) is 33.8 Å². The van der Waals surface area contributed by atoms with E-state index < -0.39 is 0 Å². The topological polar surface area (TPSA) is 83.2 Å². The fourth-order valence-corrected chi connectivity index (χ4v) is 4.09. The van der Waals surface area contributed by atoms with Crippen LogP contribution in [-0.2, 0) is 11.3 Å². The van der Waals surface area contributed by atoms with Gasteiger partial charge in [0.2, 0.25) is 5.91 Å². The van der Waals surface area contributed by atoms with Gasteiger partial charge in [-0.3, -0.25) is 4.79 Å². The van der Waals surface area contributed by atoms with Crippen LogP contribution in [0.1, 0.15) is 29.8 Å². The number of carbonyl (C=O) groups is 1. The Morgan fingerprint density at radius 1 is 1.12 bits per heavy atom. The fraction of sp³-hybridized carbons (Fsp3) is 0.292. The molecule has 1 aliphatic rings. The van der Waals surface area contributed by atoms with Crippen molar-refractivity contribution >= 4 is 16.9 Å². The molecule has 0 saturated carbocycles. The van der Waals surface area contributed by atoms with Crippen molar-refractivity contribution in [3.05, 3.63) is 65.6 Å². The van der Waals surface area contributed by atoms with E-state index in [1.54, 1.807) is 4.68 Å². The van der Waals surface area contributed by atoms with E-state index in [9.17, 15) is 4.79 Å². The Kier molecular flexibility index (Phi) is 5.05. The predicted octanol–water partition coefficient (Wildman–Crippen LogP) is 3.49. The number of fused-ring (bicyclic) bond motifs is 2. The molecule has 1 atom stereocenters. The molecule has 1 amide bonds. The van der Waals surface area contributed by atoms with E-state index in [1.807, 2.05) is 74.1 Å². The first-order valence-electron chi connectivity index (χ1n) is 10.7. The van der Waals surface area contributed by atoms with Crippen molar-refractivity contribution in [3.8, 4) is 17.3 Å². The Morgan fingerprint density at radius 2 is 1.88 bits per heavy atom. The van der Waals surface area contributed by atoms with Gasteiger partial charge < -0.3 is 19.4 Å². The summed E-state index contributed by atoms with van der Waals surface area (Å²) in [5.74, 6) is 2.06. The lowest BCUT2D eigenvalue weighted by Gasteiger charge is -2.21. The highest BCUT2D eigenvalue weighted by atomic mass is 16.6. The summed E-state index contributed by atoms with van der Waals surface area (Å²) in [6.07, 6.45) is 3.88. The SMILES string of the molecule is Cc1cc(C)c2c(-n3cccc3)nn(CC(=O)N[C@H](C)c3ccc4c(c3)OCCO4)c2n1. The minimum atomic E-state index is -0.194. The van der Waals surface area contributed by atoms with Crippen molar-refractivity contribution in [1.29, 1.82) is 0 Å². The molecule has 1 aliphatic heterocycles. The van der Waals surface area contributed by atoms with Gasteiger partial charge in [-0.05, 0) is 62.2 Å². The number of amides is 1. The van der Waals surface area contributed by atoms with Crippen molar-refractivity contribution in [2.75, 3.05) is 13.2 Å². The molecule has 0 radical (unpaired) electrons. The summed E-state index contributed by atoms with van der Waals surface area (Å²) in [7, 11) is 0. The summed E-state index contributed by atoms with van der Waals surface area (Å²) in [5.41, 5.74) is 3.62. The van der Waals surface area contributed by atoms with E-state index in [1.165, 1.54) is 0 Å². The van der Waals surface area contributed by atoms with Crippen LogP contribution in [0.2, 0.25) is 0 Å². The number of nitrogens with zero attached hydrogens (tertiary/aromatic N) is 4. The van der Waals surface area contributed by atoms with Crippen LogP contribution in [0.25, 0.3) is 16.9 Å². The highest BCUT2D eigenvalue weighted by Crippen LogP contribution is 2.32. The third-order valence-electron chi connectivity index (χ3n) is 5.60. The maximum atomic E-state index is 12.9. The van der Waals surface area contributed by atoms with Crippen molar-refractivity contribution in [2.24, 2.45) is 0 Å². The van der Waals surface area contributed by atoms with Crippen molar-refractivity contribution in [2.45, 2.75) is 33.4 Å². The van der Waals surface area contributed by atoms with Gasteiger partial charge in [-0.15, -0.1) is 0 Å². The first kappa shape index (κ1) is 20.1. The molecule has 8 nitrogen and oxygen atoms in total. The van der Waals surface area contributed by atoms with Crippen LogP contribution in [0.5, 0.6) is 11.5 Å².